The summed E-state index contributed by atoms with van der Waals surface area (Å²) >= 11 is 3.71. The molecule has 29 heavy (non-hydrogen) atoms. The van der Waals surface area contributed by atoms with Crippen molar-refractivity contribution in [3.8, 4) is 11.5 Å². The zero-order chi connectivity index (χ0) is 20.8. The lowest BCUT2D eigenvalue weighted by Gasteiger charge is -2.14. The fourth-order valence-corrected chi connectivity index (χ4v) is 7.06. The predicted molar refractivity (Wildman–Crippen MR) is 117 cm³/mol. The fraction of sp³-hybridized carbons (Fsp3) is 0.316. The number of rotatable bonds is 5. The first-order valence-corrected chi connectivity index (χ1v) is 12.3. The van der Waals surface area contributed by atoms with Crippen molar-refractivity contribution in [3.05, 3.63) is 52.4 Å². The van der Waals surface area contributed by atoms with Crippen LogP contribution in [0.2, 0.25) is 0 Å². The van der Waals surface area contributed by atoms with Gasteiger partial charge in [0, 0.05) is 25.6 Å². The number of hydrogen-bond acceptors (Lipinski definition) is 7. The van der Waals surface area contributed by atoms with Crippen LogP contribution in [0.15, 0.2) is 46.1 Å². The third-order valence-corrected chi connectivity index (χ3v) is 9.15. The van der Waals surface area contributed by atoms with Gasteiger partial charge < -0.3 is 8.92 Å². The molecule has 0 amide bonds. The number of fused-ring (bicyclic) bond motifs is 1. The lowest BCUT2D eigenvalue weighted by atomic mass is 10.2. The molecule has 0 saturated carbocycles. The summed E-state index contributed by atoms with van der Waals surface area (Å²) < 4.78 is 39.7. The Labute approximate surface area is 177 Å². The topological polar surface area (TPSA) is 79.5 Å². The van der Waals surface area contributed by atoms with E-state index >= 15 is 0 Å². The third kappa shape index (κ3) is 3.64. The Kier molecular flexibility index (Phi) is 5.34. The lowest BCUT2D eigenvalue weighted by molar-refractivity contribution is 0.390. The molecular weight excluding hydrogens is 432 g/mol. The van der Waals surface area contributed by atoms with E-state index in [1.54, 1.807) is 26.2 Å². The summed E-state index contributed by atoms with van der Waals surface area (Å²) in [5.74, 6) is 2.68. The summed E-state index contributed by atoms with van der Waals surface area (Å²) in [4.78, 5) is 12.1. The van der Waals surface area contributed by atoms with Crippen LogP contribution in [0.1, 0.15) is 10.1 Å². The van der Waals surface area contributed by atoms with Gasteiger partial charge in [-0.15, -0.1) is 23.5 Å². The maximum absolute atomic E-state index is 12.9. The van der Waals surface area contributed by atoms with Crippen molar-refractivity contribution in [2.45, 2.75) is 9.48 Å². The number of hydrogen-bond donors (Lipinski definition) is 0. The minimum Gasteiger partial charge on any atom is -0.493 e. The molecule has 0 N–H and O–H groups in total. The first-order valence-electron chi connectivity index (χ1n) is 8.83. The van der Waals surface area contributed by atoms with Gasteiger partial charge in [0.2, 0.25) is 0 Å². The summed E-state index contributed by atoms with van der Waals surface area (Å²) in [6.45, 7) is 0. The van der Waals surface area contributed by atoms with Gasteiger partial charge in [0.25, 0.3) is 0 Å². The first kappa shape index (κ1) is 20.2. The van der Waals surface area contributed by atoms with Crippen molar-refractivity contribution in [2.24, 2.45) is 14.1 Å². The maximum Gasteiger partial charge on any atom is 0.339 e. The van der Waals surface area contributed by atoms with Gasteiger partial charge in [0.1, 0.15) is 4.90 Å². The highest BCUT2D eigenvalue weighted by Crippen LogP contribution is 2.47. The summed E-state index contributed by atoms with van der Waals surface area (Å²) in [5, 5.41) is 0. The number of ether oxygens (including phenoxy) is 1. The molecule has 10 heteroatoms. The molecule has 0 radical (unpaired) electrons. The first-order chi connectivity index (χ1) is 13.8. The van der Waals surface area contributed by atoms with E-state index in [1.807, 2.05) is 35.7 Å². The molecule has 3 aromatic rings. The Morgan fingerprint density at radius 1 is 0.966 bits per heavy atom. The monoisotopic (exact) mass is 452 g/mol. The molecule has 0 aliphatic carbocycles. The zero-order valence-electron chi connectivity index (χ0n) is 16.1. The SMILES string of the molecule is COc1cc(C2SCCS2)ccc1OS(=O)(=O)c1ccc2c(c1)n(C)c(=O)n2C. The van der Waals surface area contributed by atoms with E-state index in [9.17, 15) is 13.2 Å². The highest BCUT2D eigenvalue weighted by atomic mass is 32.2. The minimum atomic E-state index is -4.10. The Balaban J connectivity index is 1.69. The summed E-state index contributed by atoms with van der Waals surface area (Å²) in [6, 6.07) is 9.80. The molecule has 2 aromatic carbocycles. The Hall–Kier alpha value is -2.04. The van der Waals surface area contributed by atoms with Gasteiger partial charge in [-0.3, -0.25) is 9.13 Å². The van der Waals surface area contributed by atoms with Crippen LogP contribution in [-0.2, 0) is 24.2 Å². The number of thioether (sulfide) groups is 2. The zero-order valence-corrected chi connectivity index (χ0v) is 18.6. The number of nitrogens with zero attached hydrogens (tertiary/aromatic N) is 2. The van der Waals surface area contributed by atoms with Crippen molar-refractivity contribution >= 4 is 44.7 Å². The largest absolute Gasteiger partial charge is 0.493 e. The molecule has 1 aliphatic heterocycles. The van der Waals surface area contributed by atoms with Crippen molar-refractivity contribution in [1.82, 2.24) is 9.13 Å². The van der Waals surface area contributed by atoms with Gasteiger partial charge in [-0.2, -0.15) is 8.42 Å². The Morgan fingerprint density at radius 3 is 2.34 bits per heavy atom. The molecule has 1 aromatic heterocycles. The number of benzene rings is 2. The van der Waals surface area contributed by atoms with E-state index in [0.717, 1.165) is 17.1 Å². The van der Waals surface area contributed by atoms with Crippen LogP contribution in [0.5, 0.6) is 11.5 Å². The molecule has 154 valence electrons. The van der Waals surface area contributed by atoms with Crippen LogP contribution in [-0.4, -0.2) is 36.2 Å². The molecule has 4 rings (SSSR count). The van der Waals surface area contributed by atoms with E-state index in [2.05, 4.69) is 0 Å². The molecule has 0 bridgehead atoms. The maximum atomic E-state index is 12.9. The summed E-state index contributed by atoms with van der Waals surface area (Å²) in [6.07, 6.45) is 0. The van der Waals surface area contributed by atoms with Crippen LogP contribution >= 0.6 is 23.5 Å². The summed E-state index contributed by atoms with van der Waals surface area (Å²) in [5.41, 5.74) is 2.00. The molecule has 7 nitrogen and oxygen atoms in total. The Morgan fingerprint density at radius 2 is 1.66 bits per heavy atom. The van der Waals surface area contributed by atoms with Crippen LogP contribution in [0, 0.1) is 0 Å². The highest BCUT2D eigenvalue weighted by Gasteiger charge is 2.24. The van der Waals surface area contributed by atoms with Crippen LogP contribution < -0.4 is 14.6 Å². The fourth-order valence-electron chi connectivity index (χ4n) is 3.26. The number of imidazole rings is 1. The lowest BCUT2D eigenvalue weighted by Crippen LogP contribution is -2.19. The van der Waals surface area contributed by atoms with E-state index in [-0.39, 0.29) is 16.3 Å². The van der Waals surface area contributed by atoms with Crippen LogP contribution in [0.3, 0.4) is 0 Å². The smallest absolute Gasteiger partial charge is 0.339 e. The molecule has 1 fully saturated rings. The standard InChI is InChI=1S/C19H20N2O5S3/c1-20-14-6-5-13(11-15(14)21(2)19(20)22)29(23,24)26-16-7-4-12(10-17(16)25-3)18-27-8-9-28-18/h4-7,10-11,18H,8-9H2,1-3H3. The second-order valence-electron chi connectivity index (χ2n) is 6.57. The van der Waals surface area contributed by atoms with Crippen LogP contribution in [0.25, 0.3) is 11.0 Å². The van der Waals surface area contributed by atoms with Crippen LogP contribution in [0.4, 0.5) is 0 Å². The molecule has 0 unspecified atom stereocenters. The molecular formula is C19H20N2O5S3. The van der Waals surface area contributed by atoms with Gasteiger partial charge in [-0.1, -0.05) is 6.07 Å². The second kappa shape index (κ2) is 7.66. The van der Waals surface area contributed by atoms with Gasteiger partial charge in [-0.05, 0) is 35.9 Å². The number of aryl methyl sites for hydroxylation is 2. The van der Waals surface area contributed by atoms with Gasteiger partial charge in [0.15, 0.2) is 11.5 Å². The molecule has 0 spiro atoms. The number of methoxy groups -OCH3 is 1. The number of aromatic nitrogens is 2. The second-order valence-corrected chi connectivity index (χ2v) is 10.8. The van der Waals surface area contributed by atoms with Gasteiger partial charge in [-0.25, -0.2) is 4.79 Å². The van der Waals surface area contributed by atoms with Crippen molar-refractivity contribution < 1.29 is 17.3 Å². The van der Waals surface area contributed by atoms with Gasteiger partial charge in [0.05, 0.1) is 22.7 Å². The molecule has 2 heterocycles. The van der Waals surface area contributed by atoms with Crippen molar-refractivity contribution in [2.75, 3.05) is 18.6 Å². The predicted octanol–water partition coefficient (Wildman–Crippen LogP) is 3.13. The van der Waals surface area contributed by atoms with E-state index in [1.165, 1.54) is 28.4 Å². The molecule has 0 atom stereocenters. The van der Waals surface area contributed by atoms with Gasteiger partial charge >= 0.3 is 15.8 Å². The van der Waals surface area contributed by atoms with E-state index < -0.39 is 10.1 Å². The minimum absolute atomic E-state index is 0.0285. The average Bonchev–Trinajstić information content (AvgIpc) is 3.32. The highest BCUT2D eigenvalue weighted by molar-refractivity contribution is 8.19. The molecule has 1 saturated heterocycles. The molecule has 1 aliphatic rings. The van der Waals surface area contributed by atoms with E-state index in [4.69, 9.17) is 8.92 Å². The normalized spacial score (nSPS) is 15.1. The van der Waals surface area contributed by atoms with Crippen molar-refractivity contribution in [3.63, 3.8) is 0 Å². The Bertz CT molecular complexity index is 1240. The summed E-state index contributed by atoms with van der Waals surface area (Å²) in [7, 11) is 0.622. The van der Waals surface area contributed by atoms with E-state index in [0.29, 0.717) is 21.4 Å². The van der Waals surface area contributed by atoms with Crippen molar-refractivity contribution in [1.29, 1.82) is 0 Å². The quantitative estimate of drug-likeness (QED) is 0.550. The average molecular weight is 453 g/mol. The third-order valence-electron chi connectivity index (χ3n) is 4.81.